The van der Waals surface area contributed by atoms with Crippen LogP contribution in [0.15, 0.2) is 241 Å². The van der Waals surface area contributed by atoms with Crippen LogP contribution in [0, 0.1) is 0 Å². The Hall–Kier alpha value is -8.99. The smallest absolute Gasteiger partial charge is 0.161 e. The highest BCUT2D eigenvalue weighted by molar-refractivity contribution is 6.27. The maximum absolute atomic E-state index is 6.66. The molecule has 0 saturated heterocycles. The van der Waals surface area contributed by atoms with Crippen molar-refractivity contribution < 1.29 is 4.42 Å². The molecule has 0 spiro atoms. The summed E-state index contributed by atoms with van der Waals surface area (Å²) in [6.07, 6.45) is 0. The summed E-state index contributed by atoms with van der Waals surface area (Å²) < 4.78 is 6.66. The molecule has 3 aromatic heterocycles. The lowest BCUT2D eigenvalue weighted by atomic mass is 9.88. The first-order valence-corrected chi connectivity index (χ1v) is 22.7. The molecule has 0 radical (unpaired) electrons. The highest BCUT2D eigenvalue weighted by Crippen LogP contribution is 2.47. The third-order valence-electron chi connectivity index (χ3n) is 13.1. The maximum Gasteiger partial charge on any atom is 0.161 e. The number of hydrogen-bond acceptors (Lipinski definition) is 4. The summed E-state index contributed by atoms with van der Waals surface area (Å²) >= 11 is 0. The molecule has 4 heteroatoms. The van der Waals surface area contributed by atoms with Gasteiger partial charge in [-0.3, -0.25) is 0 Å². The quantitative estimate of drug-likeness (QED) is 0.150. The zero-order valence-electron chi connectivity index (χ0n) is 36.3. The van der Waals surface area contributed by atoms with Gasteiger partial charge in [0.2, 0.25) is 0 Å². The van der Waals surface area contributed by atoms with E-state index in [9.17, 15) is 0 Å². The summed E-state index contributed by atoms with van der Waals surface area (Å²) in [7, 11) is 0. The molecule has 0 saturated carbocycles. The maximum atomic E-state index is 6.66. The van der Waals surface area contributed by atoms with E-state index < -0.39 is 0 Å². The SMILES string of the molecule is c1ccc(-c2ccc(-c3cc(-c4ccccc4)nc(-c4ccc(-c5ccc(-c6c7c(cc8c(-c9ccccc9)nc9ccccc9c68)oc6ccccc67)cc5)c5ccccc45)n3)cc2)cc1. The minimum Gasteiger partial charge on any atom is -0.456 e. The van der Waals surface area contributed by atoms with Crippen LogP contribution in [0.25, 0.3) is 133 Å². The second-order valence-electron chi connectivity index (χ2n) is 17.0. The van der Waals surface area contributed by atoms with Crippen molar-refractivity contribution in [2.45, 2.75) is 0 Å². The van der Waals surface area contributed by atoms with Crippen molar-refractivity contribution in [3.8, 4) is 78.5 Å². The van der Waals surface area contributed by atoms with Crippen molar-refractivity contribution in [1.82, 2.24) is 15.0 Å². The lowest BCUT2D eigenvalue weighted by molar-refractivity contribution is 0.669. The first-order chi connectivity index (χ1) is 33.2. The van der Waals surface area contributed by atoms with Crippen LogP contribution < -0.4 is 0 Å². The predicted molar refractivity (Wildman–Crippen MR) is 278 cm³/mol. The van der Waals surface area contributed by atoms with Gasteiger partial charge in [-0.1, -0.05) is 206 Å². The average Bonchev–Trinajstić information content (AvgIpc) is 3.79. The van der Waals surface area contributed by atoms with E-state index in [4.69, 9.17) is 19.4 Å². The number of nitrogens with zero attached hydrogens (tertiary/aromatic N) is 3. The molecule has 0 unspecified atom stereocenters. The van der Waals surface area contributed by atoms with E-state index in [1.165, 1.54) is 11.1 Å². The van der Waals surface area contributed by atoms with E-state index in [1.807, 2.05) is 24.3 Å². The highest BCUT2D eigenvalue weighted by Gasteiger charge is 2.22. The van der Waals surface area contributed by atoms with Gasteiger partial charge in [0.05, 0.1) is 22.6 Å². The molecule has 0 fully saturated rings. The van der Waals surface area contributed by atoms with Crippen LogP contribution in [-0.4, -0.2) is 15.0 Å². The van der Waals surface area contributed by atoms with Crippen LogP contribution in [-0.2, 0) is 0 Å². The number of hydrogen-bond donors (Lipinski definition) is 0. The largest absolute Gasteiger partial charge is 0.456 e. The van der Waals surface area contributed by atoms with Gasteiger partial charge >= 0.3 is 0 Å². The molecular formula is C63H39N3O. The van der Waals surface area contributed by atoms with E-state index in [-0.39, 0.29) is 0 Å². The van der Waals surface area contributed by atoms with Gasteiger partial charge in [-0.25, -0.2) is 15.0 Å². The molecule has 10 aromatic carbocycles. The van der Waals surface area contributed by atoms with Crippen molar-refractivity contribution in [2.75, 3.05) is 0 Å². The molecule has 0 bridgehead atoms. The summed E-state index contributed by atoms with van der Waals surface area (Å²) in [5.74, 6) is 0.686. The first-order valence-electron chi connectivity index (χ1n) is 22.7. The highest BCUT2D eigenvalue weighted by atomic mass is 16.3. The topological polar surface area (TPSA) is 51.8 Å². The van der Waals surface area contributed by atoms with Gasteiger partial charge in [0, 0.05) is 54.7 Å². The monoisotopic (exact) mass is 853 g/mol. The summed E-state index contributed by atoms with van der Waals surface area (Å²) in [5, 5.41) is 7.74. The predicted octanol–water partition coefficient (Wildman–Crippen LogP) is 16.9. The zero-order chi connectivity index (χ0) is 44.3. The van der Waals surface area contributed by atoms with E-state index >= 15 is 0 Å². The van der Waals surface area contributed by atoms with Gasteiger partial charge in [0.15, 0.2) is 5.82 Å². The fourth-order valence-electron chi connectivity index (χ4n) is 9.92. The first kappa shape index (κ1) is 38.5. The summed E-state index contributed by atoms with van der Waals surface area (Å²) in [4.78, 5) is 15.8. The van der Waals surface area contributed by atoms with Crippen molar-refractivity contribution >= 4 is 54.4 Å². The zero-order valence-corrected chi connectivity index (χ0v) is 36.3. The third-order valence-corrected chi connectivity index (χ3v) is 13.1. The Morgan fingerprint density at radius 3 is 1.48 bits per heavy atom. The molecule has 4 nitrogen and oxygen atoms in total. The average molecular weight is 854 g/mol. The standard InChI is InChI=1S/C63H39N3O/c1-4-16-40(17-5-1)41-28-32-44(33-29-41)56-39-55(43-18-6-2-7-19-43)65-63(66-56)50-37-36-47(48-22-10-11-23-49(48)50)42-30-34-45(35-31-42)59-60-51-24-12-14-26-54(51)64-62(46-20-8-3-9-21-46)53(60)38-58-61(59)52-25-13-15-27-57(52)67-58/h1-39H. The van der Waals surface area contributed by atoms with E-state index in [0.717, 1.165) is 116 Å². The fraction of sp³-hybridized carbons (Fsp3) is 0. The molecule has 312 valence electrons. The van der Waals surface area contributed by atoms with Crippen LogP contribution in [0.5, 0.6) is 0 Å². The van der Waals surface area contributed by atoms with Gasteiger partial charge in [-0.2, -0.15) is 0 Å². The second-order valence-corrected chi connectivity index (χ2v) is 17.0. The van der Waals surface area contributed by atoms with Gasteiger partial charge in [-0.15, -0.1) is 0 Å². The van der Waals surface area contributed by atoms with Crippen molar-refractivity contribution in [3.05, 3.63) is 237 Å². The summed E-state index contributed by atoms with van der Waals surface area (Å²) in [5.41, 5.74) is 16.3. The van der Waals surface area contributed by atoms with Gasteiger partial charge < -0.3 is 4.42 Å². The Morgan fingerprint density at radius 2 is 0.776 bits per heavy atom. The second kappa shape index (κ2) is 15.9. The number of furan rings is 1. The van der Waals surface area contributed by atoms with Gasteiger partial charge in [0.1, 0.15) is 11.2 Å². The van der Waals surface area contributed by atoms with Crippen molar-refractivity contribution in [1.29, 1.82) is 0 Å². The van der Waals surface area contributed by atoms with E-state index in [1.54, 1.807) is 0 Å². The molecular weight excluding hydrogens is 815 g/mol. The van der Waals surface area contributed by atoms with E-state index in [0.29, 0.717) is 5.82 Å². The van der Waals surface area contributed by atoms with Gasteiger partial charge in [0.25, 0.3) is 0 Å². The minimum absolute atomic E-state index is 0.686. The normalized spacial score (nSPS) is 11.6. The van der Waals surface area contributed by atoms with Crippen LogP contribution >= 0.6 is 0 Å². The van der Waals surface area contributed by atoms with Crippen molar-refractivity contribution in [3.63, 3.8) is 0 Å². The van der Waals surface area contributed by atoms with Gasteiger partial charge in [-0.05, 0) is 68.9 Å². The molecule has 0 aliphatic rings. The van der Waals surface area contributed by atoms with Crippen LogP contribution in [0.1, 0.15) is 0 Å². The number of pyridine rings is 1. The number of para-hydroxylation sites is 2. The Morgan fingerprint density at radius 1 is 0.284 bits per heavy atom. The molecule has 0 amide bonds. The van der Waals surface area contributed by atoms with E-state index in [2.05, 4.69) is 212 Å². The molecule has 3 heterocycles. The number of aromatic nitrogens is 3. The fourth-order valence-corrected chi connectivity index (χ4v) is 9.92. The minimum atomic E-state index is 0.686. The van der Waals surface area contributed by atoms with Crippen LogP contribution in [0.4, 0.5) is 0 Å². The Bertz CT molecular complexity index is 3990. The number of benzene rings is 10. The Labute approximate surface area is 387 Å². The molecule has 0 aliphatic heterocycles. The van der Waals surface area contributed by atoms with Crippen LogP contribution in [0.2, 0.25) is 0 Å². The Balaban J connectivity index is 0.962. The molecule has 67 heavy (non-hydrogen) atoms. The molecule has 0 atom stereocenters. The summed E-state index contributed by atoms with van der Waals surface area (Å²) in [6.45, 7) is 0. The molecule has 13 rings (SSSR count). The summed E-state index contributed by atoms with van der Waals surface area (Å²) in [6, 6.07) is 83.2. The molecule has 0 N–H and O–H groups in total. The molecule has 0 aliphatic carbocycles. The lowest BCUT2D eigenvalue weighted by Crippen LogP contribution is -1.97. The number of rotatable bonds is 7. The molecule has 13 aromatic rings. The van der Waals surface area contributed by atoms with Crippen molar-refractivity contribution in [2.24, 2.45) is 0 Å². The third kappa shape index (κ3) is 6.65. The number of fused-ring (bicyclic) bond motifs is 7. The van der Waals surface area contributed by atoms with Crippen LogP contribution in [0.3, 0.4) is 0 Å². The lowest BCUT2D eigenvalue weighted by Gasteiger charge is -2.16. The Kier molecular flexibility index (Phi) is 9.14.